The van der Waals surface area contributed by atoms with Crippen molar-refractivity contribution in [2.75, 3.05) is 13.2 Å². The lowest BCUT2D eigenvalue weighted by Gasteiger charge is -2.18. The van der Waals surface area contributed by atoms with Crippen LogP contribution < -0.4 is 5.73 Å². The van der Waals surface area contributed by atoms with Gasteiger partial charge in [0.05, 0.1) is 17.6 Å². The summed E-state index contributed by atoms with van der Waals surface area (Å²) in [5.41, 5.74) is 7.98. The van der Waals surface area contributed by atoms with E-state index in [2.05, 4.69) is 18.4 Å². The number of hydrogen-bond donors (Lipinski definition) is 2. The summed E-state index contributed by atoms with van der Waals surface area (Å²) in [6.07, 6.45) is 1.02. The fourth-order valence-corrected chi connectivity index (χ4v) is 2.62. The molecule has 0 fully saturated rings. The maximum absolute atomic E-state index is 9.28. The number of nitrogens with zero attached hydrogens (tertiary/aromatic N) is 2. The van der Waals surface area contributed by atoms with Crippen molar-refractivity contribution in [2.45, 2.75) is 32.7 Å². The van der Waals surface area contributed by atoms with E-state index in [1.807, 2.05) is 24.3 Å². The smallest absolute Gasteiger partial charge is 0.114 e. The Labute approximate surface area is 114 Å². The third-order valence-electron chi connectivity index (χ3n) is 3.41. The highest BCUT2D eigenvalue weighted by molar-refractivity contribution is 5.76. The van der Waals surface area contributed by atoms with Crippen LogP contribution in [-0.2, 0) is 6.54 Å². The van der Waals surface area contributed by atoms with Gasteiger partial charge >= 0.3 is 0 Å². The minimum Gasteiger partial charge on any atom is -0.395 e. The highest BCUT2D eigenvalue weighted by Gasteiger charge is 2.19. The van der Waals surface area contributed by atoms with E-state index in [9.17, 15) is 5.11 Å². The highest BCUT2D eigenvalue weighted by Crippen LogP contribution is 2.26. The van der Waals surface area contributed by atoms with Crippen LogP contribution in [0, 0.1) is 5.92 Å². The van der Waals surface area contributed by atoms with Crippen LogP contribution >= 0.6 is 0 Å². The minimum absolute atomic E-state index is 0.117. The number of aliphatic hydroxyl groups excluding tert-OH is 1. The van der Waals surface area contributed by atoms with E-state index < -0.39 is 0 Å². The Morgan fingerprint density at radius 2 is 2.05 bits per heavy atom. The molecule has 0 saturated carbocycles. The Kier molecular flexibility index (Phi) is 4.56. The molecule has 1 atom stereocenters. The second-order valence-corrected chi connectivity index (χ2v) is 5.40. The van der Waals surface area contributed by atoms with Gasteiger partial charge in [-0.3, -0.25) is 0 Å². The third-order valence-corrected chi connectivity index (χ3v) is 3.41. The molecule has 1 unspecified atom stereocenters. The average Bonchev–Trinajstić information content (AvgIpc) is 2.75. The number of imidazole rings is 1. The van der Waals surface area contributed by atoms with Crippen molar-refractivity contribution in [1.82, 2.24) is 9.55 Å². The Morgan fingerprint density at radius 1 is 1.32 bits per heavy atom. The molecule has 0 amide bonds. The maximum atomic E-state index is 9.28. The van der Waals surface area contributed by atoms with Gasteiger partial charge in [-0.25, -0.2) is 4.98 Å². The number of nitrogens with two attached hydrogens (primary N) is 1. The fraction of sp³-hybridized carbons (Fsp3) is 0.533. The monoisotopic (exact) mass is 261 g/mol. The van der Waals surface area contributed by atoms with E-state index in [4.69, 9.17) is 10.7 Å². The Bertz CT molecular complexity index is 533. The number of hydrogen-bond acceptors (Lipinski definition) is 3. The van der Waals surface area contributed by atoms with Crippen LogP contribution in [0.1, 0.15) is 32.0 Å². The number of para-hydroxylation sites is 2. The third kappa shape index (κ3) is 2.96. The summed E-state index contributed by atoms with van der Waals surface area (Å²) in [7, 11) is 0. The van der Waals surface area contributed by atoms with Crippen LogP contribution in [0.4, 0.5) is 0 Å². The highest BCUT2D eigenvalue weighted by atomic mass is 16.3. The molecule has 1 heterocycles. The normalized spacial score (nSPS) is 13.3. The van der Waals surface area contributed by atoms with Crippen molar-refractivity contribution in [1.29, 1.82) is 0 Å². The minimum atomic E-state index is 0.117. The zero-order valence-corrected chi connectivity index (χ0v) is 11.7. The second-order valence-electron chi connectivity index (χ2n) is 5.40. The fourth-order valence-electron chi connectivity index (χ4n) is 2.62. The van der Waals surface area contributed by atoms with Crippen LogP contribution in [0.2, 0.25) is 0 Å². The van der Waals surface area contributed by atoms with Gasteiger partial charge in [0.15, 0.2) is 0 Å². The summed E-state index contributed by atoms with van der Waals surface area (Å²) in [6, 6.07) is 8.05. The van der Waals surface area contributed by atoms with Crippen LogP contribution in [0.25, 0.3) is 11.0 Å². The molecule has 1 aromatic heterocycles. The quantitative estimate of drug-likeness (QED) is 0.837. The van der Waals surface area contributed by atoms with Gasteiger partial charge in [0.25, 0.3) is 0 Å². The molecule has 0 aliphatic carbocycles. The molecule has 19 heavy (non-hydrogen) atoms. The van der Waals surface area contributed by atoms with Gasteiger partial charge in [-0.05, 0) is 24.5 Å². The van der Waals surface area contributed by atoms with E-state index in [1.54, 1.807) is 0 Å². The molecule has 104 valence electrons. The molecule has 4 nitrogen and oxygen atoms in total. The van der Waals surface area contributed by atoms with Crippen LogP contribution in [-0.4, -0.2) is 27.8 Å². The molecule has 0 saturated heterocycles. The molecular weight excluding hydrogens is 238 g/mol. The molecule has 3 N–H and O–H groups in total. The van der Waals surface area contributed by atoms with Gasteiger partial charge in [-0.15, -0.1) is 0 Å². The SMILES string of the molecule is CC(C)CC(CN)c1nc2ccccc2n1CCO. The van der Waals surface area contributed by atoms with Gasteiger partial charge in [-0.1, -0.05) is 26.0 Å². The van der Waals surface area contributed by atoms with Gasteiger partial charge in [-0.2, -0.15) is 0 Å². The van der Waals surface area contributed by atoms with Gasteiger partial charge < -0.3 is 15.4 Å². The first-order chi connectivity index (χ1) is 9.17. The summed E-state index contributed by atoms with van der Waals surface area (Å²) in [6.45, 7) is 5.67. The van der Waals surface area contributed by atoms with Gasteiger partial charge in [0, 0.05) is 19.0 Å². The molecule has 0 aliphatic rings. The van der Waals surface area contributed by atoms with Crippen LogP contribution in [0.3, 0.4) is 0 Å². The lowest BCUT2D eigenvalue weighted by Crippen LogP contribution is -2.20. The van der Waals surface area contributed by atoms with Crippen molar-refractivity contribution in [2.24, 2.45) is 11.7 Å². The summed E-state index contributed by atoms with van der Waals surface area (Å²) in [4.78, 5) is 4.73. The standard InChI is InChI=1S/C15H23N3O/c1-11(2)9-12(10-16)15-17-13-5-3-4-6-14(13)18(15)7-8-19/h3-6,11-12,19H,7-10,16H2,1-2H3. The van der Waals surface area contributed by atoms with Crippen molar-refractivity contribution >= 4 is 11.0 Å². The Hall–Kier alpha value is -1.39. The van der Waals surface area contributed by atoms with E-state index in [-0.39, 0.29) is 12.5 Å². The molecule has 0 bridgehead atoms. The lowest BCUT2D eigenvalue weighted by molar-refractivity contribution is 0.274. The first kappa shape index (κ1) is 14.0. The van der Waals surface area contributed by atoms with E-state index in [0.717, 1.165) is 23.3 Å². The molecule has 4 heteroatoms. The first-order valence-corrected chi connectivity index (χ1v) is 6.93. The number of aliphatic hydroxyl groups is 1. The molecule has 1 aromatic carbocycles. The molecular formula is C15H23N3O. The molecule has 0 radical (unpaired) electrons. The average molecular weight is 261 g/mol. The summed E-state index contributed by atoms with van der Waals surface area (Å²) < 4.78 is 2.11. The number of fused-ring (bicyclic) bond motifs is 1. The molecule has 2 aromatic rings. The largest absolute Gasteiger partial charge is 0.395 e. The van der Waals surface area contributed by atoms with E-state index in [0.29, 0.717) is 19.0 Å². The van der Waals surface area contributed by atoms with Gasteiger partial charge in [0.2, 0.25) is 0 Å². The number of benzene rings is 1. The van der Waals surface area contributed by atoms with Crippen LogP contribution in [0.15, 0.2) is 24.3 Å². The van der Waals surface area contributed by atoms with Crippen LogP contribution in [0.5, 0.6) is 0 Å². The predicted molar refractivity (Wildman–Crippen MR) is 78.1 cm³/mol. The number of aromatic nitrogens is 2. The Morgan fingerprint density at radius 3 is 2.68 bits per heavy atom. The van der Waals surface area contributed by atoms with E-state index >= 15 is 0 Å². The lowest BCUT2D eigenvalue weighted by atomic mass is 9.96. The first-order valence-electron chi connectivity index (χ1n) is 6.93. The molecule has 2 rings (SSSR count). The predicted octanol–water partition coefficient (Wildman–Crippen LogP) is 2.12. The van der Waals surface area contributed by atoms with Crippen molar-refractivity contribution in [3.63, 3.8) is 0 Å². The summed E-state index contributed by atoms with van der Waals surface area (Å²) in [5.74, 6) is 1.83. The topological polar surface area (TPSA) is 64.1 Å². The van der Waals surface area contributed by atoms with Crippen molar-refractivity contribution in [3.8, 4) is 0 Å². The van der Waals surface area contributed by atoms with Crippen molar-refractivity contribution in [3.05, 3.63) is 30.1 Å². The maximum Gasteiger partial charge on any atom is 0.114 e. The molecule has 0 spiro atoms. The summed E-state index contributed by atoms with van der Waals surface area (Å²) in [5, 5.41) is 9.28. The second kappa shape index (κ2) is 6.17. The zero-order valence-electron chi connectivity index (χ0n) is 11.7. The zero-order chi connectivity index (χ0) is 13.8. The van der Waals surface area contributed by atoms with Crippen molar-refractivity contribution < 1.29 is 5.11 Å². The Balaban J connectivity index is 2.47. The van der Waals surface area contributed by atoms with E-state index in [1.165, 1.54) is 0 Å². The summed E-state index contributed by atoms with van der Waals surface area (Å²) >= 11 is 0. The van der Waals surface area contributed by atoms with Gasteiger partial charge in [0.1, 0.15) is 5.82 Å². The number of rotatable bonds is 6. The molecule has 0 aliphatic heterocycles.